The van der Waals surface area contributed by atoms with Crippen molar-refractivity contribution in [2.45, 2.75) is 27.3 Å². The molecule has 0 saturated heterocycles. The van der Waals surface area contributed by atoms with Crippen LogP contribution in [-0.2, 0) is 6.54 Å². The summed E-state index contributed by atoms with van der Waals surface area (Å²) in [6.07, 6.45) is 1.73. The maximum atomic E-state index is 12.7. The van der Waals surface area contributed by atoms with Crippen molar-refractivity contribution in [2.75, 3.05) is 26.0 Å². The van der Waals surface area contributed by atoms with Crippen molar-refractivity contribution in [2.24, 2.45) is 0 Å². The third-order valence-electron chi connectivity index (χ3n) is 4.34. The molecule has 27 heavy (non-hydrogen) atoms. The molecule has 0 N–H and O–H groups in total. The smallest absolute Gasteiger partial charge is 0.264 e. The van der Waals surface area contributed by atoms with Gasteiger partial charge in [0, 0.05) is 37.8 Å². The highest BCUT2D eigenvalue weighted by Gasteiger charge is 2.21. The lowest BCUT2D eigenvalue weighted by Gasteiger charge is -2.19. The monoisotopic (exact) mass is 385 g/mol. The molecule has 0 atom stereocenters. The van der Waals surface area contributed by atoms with E-state index in [9.17, 15) is 4.79 Å². The van der Waals surface area contributed by atoms with Crippen LogP contribution in [-0.4, -0.2) is 47.1 Å². The lowest BCUT2D eigenvalue weighted by atomic mass is 10.1. The van der Waals surface area contributed by atoms with E-state index in [0.717, 1.165) is 27.4 Å². The molecular weight excluding hydrogens is 362 g/mol. The number of carbonyl (C=O) groups is 1. The number of rotatable bonds is 5. The first-order chi connectivity index (χ1) is 12.8. The summed E-state index contributed by atoms with van der Waals surface area (Å²) in [5.74, 6) is 1.19. The van der Waals surface area contributed by atoms with Crippen LogP contribution in [0.3, 0.4) is 0 Å². The third kappa shape index (κ3) is 3.85. The van der Waals surface area contributed by atoms with Crippen LogP contribution in [0, 0.1) is 20.8 Å². The number of nitrogens with zero attached hydrogens (tertiary/aromatic N) is 5. The van der Waals surface area contributed by atoms with Crippen molar-refractivity contribution in [3.05, 3.63) is 45.0 Å². The largest absolute Gasteiger partial charge is 0.356 e. The zero-order valence-corrected chi connectivity index (χ0v) is 17.2. The maximum absolute atomic E-state index is 12.7. The highest BCUT2D eigenvalue weighted by molar-refractivity contribution is 7.13. The average molecular weight is 385 g/mol. The number of hydrogen-bond acceptors (Lipinski definition) is 7. The molecule has 0 aromatic carbocycles. The van der Waals surface area contributed by atoms with E-state index in [0.29, 0.717) is 23.1 Å². The second-order valence-electron chi connectivity index (χ2n) is 6.72. The number of aryl methyl sites for hydroxylation is 2. The Morgan fingerprint density at radius 3 is 2.48 bits per heavy atom. The van der Waals surface area contributed by atoms with Gasteiger partial charge in [0.25, 0.3) is 5.91 Å². The van der Waals surface area contributed by atoms with Gasteiger partial charge in [0.1, 0.15) is 0 Å². The van der Waals surface area contributed by atoms with E-state index in [4.69, 9.17) is 4.52 Å². The molecule has 3 aromatic rings. The van der Waals surface area contributed by atoms with Gasteiger partial charge in [0.05, 0.1) is 28.4 Å². The average Bonchev–Trinajstić information content (AvgIpc) is 3.20. The molecule has 0 aliphatic rings. The number of anilines is 1. The van der Waals surface area contributed by atoms with Crippen LogP contribution in [0.5, 0.6) is 0 Å². The SMILES string of the molecule is Cc1ccc(C(=O)N(C)Cc2nc(N(C)C)ncc2-c2onc(C)c2C)s1. The summed E-state index contributed by atoms with van der Waals surface area (Å²) in [4.78, 5) is 27.1. The Balaban J connectivity index is 1.98. The summed E-state index contributed by atoms with van der Waals surface area (Å²) in [7, 11) is 5.54. The molecule has 0 fully saturated rings. The van der Waals surface area contributed by atoms with Crippen LogP contribution in [0.25, 0.3) is 11.3 Å². The Hall–Kier alpha value is -2.74. The van der Waals surface area contributed by atoms with Gasteiger partial charge in [-0.3, -0.25) is 4.79 Å². The van der Waals surface area contributed by atoms with E-state index < -0.39 is 0 Å². The highest BCUT2D eigenvalue weighted by Crippen LogP contribution is 2.29. The number of carbonyl (C=O) groups excluding carboxylic acids is 1. The van der Waals surface area contributed by atoms with E-state index in [1.54, 1.807) is 18.1 Å². The second-order valence-corrected chi connectivity index (χ2v) is 8.01. The number of thiophene rings is 1. The molecule has 0 spiro atoms. The van der Waals surface area contributed by atoms with E-state index in [-0.39, 0.29) is 5.91 Å². The van der Waals surface area contributed by atoms with E-state index in [2.05, 4.69) is 15.1 Å². The molecule has 1 amide bonds. The summed E-state index contributed by atoms with van der Waals surface area (Å²) in [6.45, 7) is 6.18. The molecule has 3 heterocycles. The third-order valence-corrected chi connectivity index (χ3v) is 5.33. The fourth-order valence-corrected chi connectivity index (χ4v) is 3.50. The Bertz CT molecular complexity index is 976. The Labute approximate surface area is 162 Å². The van der Waals surface area contributed by atoms with Crippen LogP contribution in [0.1, 0.15) is 31.5 Å². The van der Waals surface area contributed by atoms with E-state index in [1.165, 1.54) is 11.3 Å². The van der Waals surface area contributed by atoms with Crippen molar-refractivity contribution < 1.29 is 9.32 Å². The normalized spacial score (nSPS) is 10.9. The summed E-state index contributed by atoms with van der Waals surface area (Å²) in [5, 5.41) is 4.04. The van der Waals surface area contributed by atoms with Gasteiger partial charge in [-0.1, -0.05) is 5.16 Å². The number of amides is 1. The van der Waals surface area contributed by atoms with E-state index in [1.807, 2.05) is 51.9 Å². The fraction of sp³-hybridized carbons (Fsp3) is 0.368. The minimum atomic E-state index is -0.0328. The van der Waals surface area contributed by atoms with E-state index >= 15 is 0 Å². The van der Waals surface area contributed by atoms with Crippen LogP contribution in [0.2, 0.25) is 0 Å². The predicted octanol–water partition coefficient (Wildman–Crippen LogP) is 3.46. The summed E-state index contributed by atoms with van der Waals surface area (Å²) >= 11 is 1.49. The van der Waals surface area contributed by atoms with Crippen LogP contribution in [0.4, 0.5) is 5.95 Å². The predicted molar refractivity (Wildman–Crippen MR) is 106 cm³/mol. The zero-order valence-electron chi connectivity index (χ0n) is 16.4. The van der Waals surface area contributed by atoms with Crippen molar-refractivity contribution >= 4 is 23.2 Å². The topological polar surface area (TPSA) is 75.4 Å². The molecule has 7 nitrogen and oxygen atoms in total. The minimum absolute atomic E-state index is 0.0328. The fourth-order valence-electron chi connectivity index (χ4n) is 2.63. The maximum Gasteiger partial charge on any atom is 0.264 e. The first-order valence-corrected chi connectivity index (χ1v) is 9.38. The van der Waals surface area contributed by atoms with Gasteiger partial charge in [-0.15, -0.1) is 11.3 Å². The Morgan fingerprint density at radius 1 is 1.19 bits per heavy atom. The Kier molecular flexibility index (Phi) is 5.27. The molecule has 3 aromatic heterocycles. The summed E-state index contributed by atoms with van der Waals surface area (Å²) in [5.41, 5.74) is 3.24. The lowest BCUT2D eigenvalue weighted by molar-refractivity contribution is 0.0788. The summed E-state index contributed by atoms with van der Waals surface area (Å²) in [6, 6.07) is 3.81. The Morgan fingerprint density at radius 2 is 1.93 bits per heavy atom. The highest BCUT2D eigenvalue weighted by atomic mass is 32.1. The second kappa shape index (κ2) is 7.48. The molecule has 0 radical (unpaired) electrons. The van der Waals surface area contributed by atoms with Gasteiger partial charge in [-0.2, -0.15) is 0 Å². The van der Waals surface area contributed by atoms with Crippen molar-refractivity contribution in [3.8, 4) is 11.3 Å². The molecule has 0 unspecified atom stereocenters. The van der Waals surface area contributed by atoms with Crippen molar-refractivity contribution in [1.82, 2.24) is 20.0 Å². The van der Waals surface area contributed by atoms with Gasteiger partial charge in [-0.25, -0.2) is 9.97 Å². The standard InChI is InChI=1S/C19H23N5O2S/c1-11-7-8-16(27-11)18(25)24(6)10-15-14(9-20-19(21-15)23(4)5)17-12(2)13(3)22-26-17/h7-9H,10H2,1-6H3. The molecule has 0 bridgehead atoms. The van der Waals surface area contributed by atoms with Crippen molar-refractivity contribution in [1.29, 1.82) is 0 Å². The van der Waals surface area contributed by atoms with Crippen molar-refractivity contribution in [3.63, 3.8) is 0 Å². The van der Waals surface area contributed by atoms with Gasteiger partial charge >= 0.3 is 0 Å². The first kappa shape index (κ1) is 19.0. The molecule has 0 aliphatic carbocycles. The quantitative estimate of drug-likeness (QED) is 0.670. The zero-order chi connectivity index (χ0) is 19.7. The molecular formula is C19H23N5O2S. The van der Waals surface area contributed by atoms with Crippen LogP contribution in [0.15, 0.2) is 22.9 Å². The molecule has 8 heteroatoms. The molecule has 142 valence electrons. The molecule has 0 saturated carbocycles. The number of hydrogen-bond donors (Lipinski definition) is 0. The molecule has 3 rings (SSSR count). The number of aromatic nitrogens is 3. The van der Waals surface area contributed by atoms with Gasteiger partial charge in [-0.05, 0) is 32.9 Å². The lowest BCUT2D eigenvalue weighted by Crippen LogP contribution is -2.27. The summed E-state index contributed by atoms with van der Waals surface area (Å²) < 4.78 is 5.51. The minimum Gasteiger partial charge on any atom is -0.356 e. The van der Waals surface area contributed by atoms with Crippen LogP contribution >= 0.6 is 11.3 Å². The molecule has 0 aliphatic heterocycles. The van der Waals surface area contributed by atoms with Gasteiger partial charge in [0.15, 0.2) is 5.76 Å². The van der Waals surface area contributed by atoms with Gasteiger partial charge in [0.2, 0.25) is 5.95 Å². The van der Waals surface area contributed by atoms with Gasteiger partial charge < -0.3 is 14.3 Å². The first-order valence-electron chi connectivity index (χ1n) is 8.56. The van der Waals surface area contributed by atoms with Crippen LogP contribution < -0.4 is 4.90 Å².